The number of nitrogens with zero attached hydrogens (tertiary/aromatic N) is 1. The second-order valence-electron chi connectivity index (χ2n) is 4.60. The molecule has 108 valence electrons. The van der Waals surface area contributed by atoms with Gasteiger partial charge in [0.1, 0.15) is 0 Å². The standard InChI is InChI=1S/C14H20N4OS/c1-2-5-10(15)13(19)16-8-9-17-14-18-11-6-3-4-7-12(11)20-14/h3-4,6-7,10H,2,5,8-9,15H2,1H3,(H,16,19)(H,17,18). The molecule has 4 N–H and O–H groups in total. The smallest absolute Gasteiger partial charge is 0.236 e. The molecule has 0 saturated heterocycles. The summed E-state index contributed by atoms with van der Waals surface area (Å²) in [6, 6.07) is 7.61. The molecule has 1 unspecified atom stereocenters. The summed E-state index contributed by atoms with van der Waals surface area (Å²) in [6.45, 7) is 3.21. The Morgan fingerprint density at radius 3 is 2.95 bits per heavy atom. The summed E-state index contributed by atoms with van der Waals surface area (Å²) in [4.78, 5) is 16.1. The van der Waals surface area contributed by atoms with Crippen LogP contribution in [0.2, 0.25) is 0 Å². The molecule has 1 aromatic carbocycles. The molecule has 5 nitrogen and oxygen atoms in total. The average molecular weight is 292 g/mol. The van der Waals surface area contributed by atoms with E-state index in [1.165, 1.54) is 0 Å². The molecule has 1 heterocycles. The number of fused-ring (bicyclic) bond motifs is 1. The number of rotatable bonds is 7. The Hall–Kier alpha value is -1.66. The summed E-state index contributed by atoms with van der Waals surface area (Å²) >= 11 is 1.61. The van der Waals surface area contributed by atoms with Crippen molar-refractivity contribution < 1.29 is 4.79 Å². The number of benzene rings is 1. The van der Waals surface area contributed by atoms with E-state index in [9.17, 15) is 4.79 Å². The fourth-order valence-electron chi connectivity index (χ4n) is 1.88. The van der Waals surface area contributed by atoms with Crippen LogP contribution in [-0.4, -0.2) is 30.0 Å². The highest BCUT2D eigenvalue weighted by molar-refractivity contribution is 7.22. The summed E-state index contributed by atoms with van der Waals surface area (Å²) in [6.07, 6.45) is 1.63. The highest BCUT2D eigenvalue weighted by atomic mass is 32.1. The Morgan fingerprint density at radius 1 is 1.40 bits per heavy atom. The van der Waals surface area contributed by atoms with Crippen molar-refractivity contribution in [2.24, 2.45) is 5.73 Å². The van der Waals surface area contributed by atoms with Crippen LogP contribution in [0.4, 0.5) is 5.13 Å². The van der Waals surface area contributed by atoms with E-state index < -0.39 is 6.04 Å². The van der Waals surface area contributed by atoms with E-state index in [-0.39, 0.29) is 5.91 Å². The average Bonchev–Trinajstić information content (AvgIpc) is 2.86. The van der Waals surface area contributed by atoms with E-state index >= 15 is 0 Å². The number of hydrogen-bond donors (Lipinski definition) is 3. The zero-order valence-corrected chi connectivity index (χ0v) is 12.4. The molecule has 6 heteroatoms. The maximum atomic E-state index is 11.6. The maximum absolute atomic E-state index is 11.6. The Morgan fingerprint density at radius 2 is 2.20 bits per heavy atom. The monoisotopic (exact) mass is 292 g/mol. The van der Waals surface area contributed by atoms with Gasteiger partial charge in [0, 0.05) is 13.1 Å². The lowest BCUT2D eigenvalue weighted by Crippen LogP contribution is -2.42. The molecule has 2 aromatic rings. The molecule has 0 bridgehead atoms. The Kier molecular flexibility index (Phi) is 5.31. The second-order valence-corrected chi connectivity index (χ2v) is 5.63. The molecule has 1 aromatic heterocycles. The van der Waals surface area contributed by atoms with E-state index in [0.29, 0.717) is 13.1 Å². The van der Waals surface area contributed by atoms with Gasteiger partial charge in [-0.25, -0.2) is 4.98 Å². The molecule has 0 aliphatic carbocycles. The van der Waals surface area contributed by atoms with Gasteiger partial charge in [0.05, 0.1) is 16.3 Å². The van der Waals surface area contributed by atoms with Crippen molar-refractivity contribution in [3.8, 4) is 0 Å². The van der Waals surface area contributed by atoms with Crippen LogP contribution < -0.4 is 16.4 Å². The number of para-hydroxylation sites is 1. The lowest BCUT2D eigenvalue weighted by Gasteiger charge is -2.11. The van der Waals surface area contributed by atoms with Gasteiger partial charge in [-0.15, -0.1) is 0 Å². The van der Waals surface area contributed by atoms with Gasteiger partial charge in [-0.05, 0) is 18.6 Å². The van der Waals surface area contributed by atoms with Crippen LogP contribution in [-0.2, 0) is 4.79 Å². The molecule has 20 heavy (non-hydrogen) atoms. The number of nitrogens with one attached hydrogen (secondary N) is 2. The van der Waals surface area contributed by atoms with Crippen LogP contribution in [0.25, 0.3) is 10.2 Å². The first-order valence-electron chi connectivity index (χ1n) is 6.83. The first-order chi connectivity index (χ1) is 9.70. The topological polar surface area (TPSA) is 80.0 Å². The van der Waals surface area contributed by atoms with Crippen molar-refractivity contribution in [3.63, 3.8) is 0 Å². The number of carbonyl (C=O) groups excluding carboxylic acids is 1. The molecule has 1 amide bonds. The van der Waals surface area contributed by atoms with Crippen molar-refractivity contribution in [1.29, 1.82) is 0 Å². The number of thiazole rings is 1. The predicted octanol–water partition coefficient (Wildman–Crippen LogP) is 1.95. The summed E-state index contributed by atoms with van der Waals surface area (Å²) in [5.41, 5.74) is 6.72. The lowest BCUT2D eigenvalue weighted by atomic mass is 10.2. The molecule has 0 saturated carbocycles. The Balaban J connectivity index is 1.74. The van der Waals surface area contributed by atoms with Crippen molar-refractivity contribution in [2.75, 3.05) is 18.4 Å². The van der Waals surface area contributed by atoms with Gasteiger partial charge in [-0.2, -0.15) is 0 Å². The van der Waals surface area contributed by atoms with Gasteiger partial charge in [0.25, 0.3) is 0 Å². The molecule has 2 rings (SSSR count). The van der Waals surface area contributed by atoms with Crippen LogP contribution >= 0.6 is 11.3 Å². The van der Waals surface area contributed by atoms with Crippen LogP contribution in [0.5, 0.6) is 0 Å². The van der Waals surface area contributed by atoms with Crippen LogP contribution in [0.3, 0.4) is 0 Å². The second kappa shape index (κ2) is 7.21. The molecule has 0 aliphatic rings. The number of aromatic nitrogens is 1. The molecule has 0 aliphatic heterocycles. The number of nitrogens with two attached hydrogens (primary N) is 1. The zero-order valence-electron chi connectivity index (χ0n) is 11.6. The van der Waals surface area contributed by atoms with Gasteiger partial charge in [0.2, 0.25) is 5.91 Å². The highest BCUT2D eigenvalue weighted by Crippen LogP contribution is 2.24. The largest absolute Gasteiger partial charge is 0.360 e. The van der Waals surface area contributed by atoms with Crippen LogP contribution in [0.1, 0.15) is 19.8 Å². The summed E-state index contributed by atoms with van der Waals surface area (Å²) in [5.74, 6) is -0.0852. The first kappa shape index (κ1) is 14.7. The van der Waals surface area contributed by atoms with E-state index in [0.717, 1.165) is 28.2 Å². The van der Waals surface area contributed by atoms with E-state index in [1.807, 2.05) is 31.2 Å². The van der Waals surface area contributed by atoms with Crippen molar-refractivity contribution in [1.82, 2.24) is 10.3 Å². The number of anilines is 1. The normalized spacial score (nSPS) is 12.3. The van der Waals surface area contributed by atoms with E-state index in [1.54, 1.807) is 11.3 Å². The molecule has 0 radical (unpaired) electrons. The molecular formula is C14H20N4OS. The van der Waals surface area contributed by atoms with Gasteiger partial charge >= 0.3 is 0 Å². The fraction of sp³-hybridized carbons (Fsp3) is 0.429. The van der Waals surface area contributed by atoms with Gasteiger partial charge < -0.3 is 16.4 Å². The van der Waals surface area contributed by atoms with Crippen molar-refractivity contribution >= 4 is 32.6 Å². The quantitative estimate of drug-likeness (QED) is 0.681. The Labute approximate surface area is 122 Å². The number of carbonyl (C=O) groups is 1. The van der Waals surface area contributed by atoms with E-state index in [4.69, 9.17) is 5.73 Å². The van der Waals surface area contributed by atoms with Crippen molar-refractivity contribution in [3.05, 3.63) is 24.3 Å². The summed E-state index contributed by atoms with van der Waals surface area (Å²) < 4.78 is 1.16. The minimum Gasteiger partial charge on any atom is -0.360 e. The van der Waals surface area contributed by atoms with Gasteiger partial charge in [-0.3, -0.25) is 4.79 Å². The molecular weight excluding hydrogens is 272 g/mol. The maximum Gasteiger partial charge on any atom is 0.236 e. The van der Waals surface area contributed by atoms with Gasteiger partial charge in [0.15, 0.2) is 5.13 Å². The minimum absolute atomic E-state index is 0.0852. The van der Waals surface area contributed by atoms with Crippen LogP contribution in [0, 0.1) is 0 Å². The fourth-order valence-corrected chi connectivity index (χ4v) is 2.77. The van der Waals surface area contributed by atoms with E-state index in [2.05, 4.69) is 15.6 Å². The third kappa shape index (κ3) is 3.91. The zero-order chi connectivity index (χ0) is 14.4. The summed E-state index contributed by atoms with van der Waals surface area (Å²) in [5, 5.41) is 6.91. The molecule has 0 spiro atoms. The first-order valence-corrected chi connectivity index (χ1v) is 7.65. The minimum atomic E-state index is -0.401. The van der Waals surface area contributed by atoms with Gasteiger partial charge in [-0.1, -0.05) is 36.8 Å². The van der Waals surface area contributed by atoms with Crippen molar-refractivity contribution in [2.45, 2.75) is 25.8 Å². The third-order valence-corrected chi connectivity index (χ3v) is 3.92. The summed E-state index contributed by atoms with van der Waals surface area (Å²) in [7, 11) is 0. The lowest BCUT2D eigenvalue weighted by molar-refractivity contribution is -0.122. The number of hydrogen-bond acceptors (Lipinski definition) is 5. The predicted molar refractivity (Wildman–Crippen MR) is 84.0 cm³/mol. The van der Waals surface area contributed by atoms with Crippen LogP contribution in [0.15, 0.2) is 24.3 Å². The molecule has 1 atom stereocenters. The molecule has 0 fully saturated rings. The SMILES string of the molecule is CCCC(N)C(=O)NCCNc1nc2ccccc2s1. The third-order valence-electron chi connectivity index (χ3n) is 2.93. The number of amides is 1. The highest BCUT2D eigenvalue weighted by Gasteiger charge is 2.10. The Bertz CT molecular complexity index is 536.